The maximum Gasteiger partial charge on any atom is 0.158 e. The first-order chi connectivity index (χ1) is 5.84. The normalized spacial score (nSPS) is 17.2. The Balaban J connectivity index is 2.35. The summed E-state index contributed by atoms with van der Waals surface area (Å²) in [5, 5.41) is 0. The molecule has 0 aromatic heterocycles. The second kappa shape index (κ2) is 5.09. The molecule has 1 aliphatic rings. The van der Waals surface area contributed by atoms with Gasteiger partial charge in [-0.2, -0.15) is 0 Å². The minimum absolute atomic E-state index is 0.320. The van der Waals surface area contributed by atoms with Gasteiger partial charge in [-0.3, -0.25) is 4.79 Å². The quantitative estimate of drug-likeness (QED) is 0.693. The number of nitrogens with two attached hydrogens (primary N) is 1. The molecule has 0 unspecified atom stereocenters. The van der Waals surface area contributed by atoms with Crippen LogP contribution in [0.2, 0.25) is 0 Å². The zero-order valence-corrected chi connectivity index (χ0v) is 7.51. The zero-order valence-electron chi connectivity index (χ0n) is 7.51. The van der Waals surface area contributed by atoms with Gasteiger partial charge in [0.1, 0.15) is 0 Å². The molecule has 0 heterocycles. The monoisotopic (exact) mass is 167 g/mol. The predicted octanol–water partition coefficient (Wildman–Crippen LogP) is 1.79. The Bertz CT molecular complexity index is 184. The molecule has 0 saturated carbocycles. The summed E-state index contributed by atoms with van der Waals surface area (Å²) in [6, 6.07) is 0. The Labute approximate surface area is 73.8 Å². The Morgan fingerprint density at radius 1 is 1.50 bits per heavy atom. The number of ketones is 1. The Kier molecular flexibility index (Phi) is 4.01. The number of hydrogen-bond acceptors (Lipinski definition) is 2. The molecule has 0 atom stereocenters. The van der Waals surface area contributed by atoms with Crippen molar-refractivity contribution >= 4 is 5.78 Å². The van der Waals surface area contributed by atoms with E-state index in [1.807, 2.05) is 0 Å². The molecule has 0 radical (unpaired) electrons. The van der Waals surface area contributed by atoms with Crippen molar-refractivity contribution in [3.63, 3.8) is 0 Å². The molecule has 2 nitrogen and oxygen atoms in total. The highest BCUT2D eigenvalue weighted by Gasteiger charge is 2.10. The highest BCUT2D eigenvalue weighted by molar-refractivity contribution is 5.95. The fourth-order valence-electron chi connectivity index (χ4n) is 1.51. The van der Waals surface area contributed by atoms with Crippen molar-refractivity contribution in [1.29, 1.82) is 0 Å². The van der Waals surface area contributed by atoms with Crippen molar-refractivity contribution in [2.45, 2.75) is 38.5 Å². The predicted molar refractivity (Wildman–Crippen MR) is 49.8 cm³/mol. The summed E-state index contributed by atoms with van der Waals surface area (Å²) in [6.45, 7) is 0.624. The van der Waals surface area contributed by atoms with E-state index >= 15 is 0 Å². The first kappa shape index (κ1) is 9.46. The van der Waals surface area contributed by atoms with Crippen LogP contribution in [0.5, 0.6) is 0 Å². The molecule has 2 heteroatoms. The van der Waals surface area contributed by atoms with Crippen LogP contribution in [0.25, 0.3) is 0 Å². The van der Waals surface area contributed by atoms with Gasteiger partial charge in [0.25, 0.3) is 0 Å². The molecular formula is C10H17NO. The van der Waals surface area contributed by atoms with Gasteiger partial charge in [0, 0.05) is 6.42 Å². The summed E-state index contributed by atoms with van der Waals surface area (Å²) in [7, 11) is 0. The molecule has 1 aliphatic carbocycles. The zero-order chi connectivity index (χ0) is 8.81. The van der Waals surface area contributed by atoms with Gasteiger partial charge in [0.05, 0.1) is 0 Å². The third kappa shape index (κ3) is 2.78. The second-order valence-electron chi connectivity index (χ2n) is 3.29. The van der Waals surface area contributed by atoms with Gasteiger partial charge >= 0.3 is 0 Å². The highest BCUT2D eigenvalue weighted by atomic mass is 16.1. The van der Waals surface area contributed by atoms with Crippen LogP contribution in [-0.2, 0) is 4.79 Å². The van der Waals surface area contributed by atoms with Crippen molar-refractivity contribution in [3.05, 3.63) is 11.6 Å². The van der Waals surface area contributed by atoms with Gasteiger partial charge < -0.3 is 5.73 Å². The van der Waals surface area contributed by atoms with Gasteiger partial charge in [-0.25, -0.2) is 0 Å². The van der Waals surface area contributed by atoms with Crippen LogP contribution in [0.1, 0.15) is 38.5 Å². The summed E-state index contributed by atoms with van der Waals surface area (Å²) >= 11 is 0. The van der Waals surface area contributed by atoms with E-state index in [0.29, 0.717) is 18.7 Å². The van der Waals surface area contributed by atoms with E-state index in [4.69, 9.17) is 5.73 Å². The number of carbonyl (C=O) groups excluding carboxylic acids is 1. The van der Waals surface area contributed by atoms with Gasteiger partial charge in [-0.1, -0.05) is 6.08 Å². The Morgan fingerprint density at radius 3 is 2.92 bits per heavy atom. The summed E-state index contributed by atoms with van der Waals surface area (Å²) < 4.78 is 0. The molecule has 0 spiro atoms. The third-order valence-corrected chi connectivity index (χ3v) is 2.26. The van der Waals surface area contributed by atoms with Gasteiger partial charge in [-0.05, 0) is 44.2 Å². The van der Waals surface area contributed by atoms with E-state index in [0.717, 1.165) is 24.8 Å². The van der Waals surface area contributed by atoms with Crippen LogP contribution in [0.3, 0.4) is 0 Å². The lowest BCUT2D eigenvalue weighted by Crippen LogP contribution is -2.08. The molecule has 2 N–H and O–H groups in total. The maximum absolute atomic E-state index is 11.4. The SMILES string of the molecule is NCCCC(=O)C1=CCCCC1. The van der Waals surface area contributed by atoms with Crippen molar-refractivity contribution in [2.75, 3.05) is 6.54 Å². The van der Waals surface area contributed by atoms with E-state index in [9.17, 15) is 4.79 Å². The van der Waals surface area contributed by atoms with Crippen molar-refractivity contribution < 1.29 is 4.79 Å². The van der Waals surface area contributed by atoms with Gasteiger partial charge in [-0.15, -0.1) is 0 Å². The van der Waals surface area contributed by atoms with Crippen LogP contribution in [0.15, 0.2) is 11.6 Å². The van der Waals surface area contributed by atoms with E-state index in [1.165, 1.54) is 12.8 Å². The fourth-order valence-corrected chi connectivity index (χ4v) is 1.51. The molecular weight excluding hydrogens is 150 g/mol. The van der Waals surface area contributed by atoms with Gasteiger partial charge in [0.2, 0.25) is 0 Å². The third-order valence-electron chi connectivity index (χ3n) is 2.26. The summed E-state index contributed by atoms with van der Waals surface area (Å²) in [6.07, 6.45) is 8.07. The molecule has 0 fully saturated rings. The molecule has 0 aromatic carbocycles. The van der Waals surface area contributed by atoms with E-state index in [2.05, 4.69) is 6.08 Å². The molecule has 12 heavy (non-hydrogen) atoms. The summed E-state index contributed by atoms with van der Waals surface area (Å²) in [4.78, 5) is 11.4. The van der Waals surface area contributed by atoms with Crippen LogP contribution < -0.4 is 5.73 Å². The fraction of sp³-hybridized carbons (Fsp3) is 0.700. The average molecular weight is 167 g/mol. The first-order valence-corrected chi connectivity index (χ1v) is 4.77. The topological polar surface area (TPSA) is 43.1 Å². The number of carbonyl (C=O) groups is 1. The number of allylic oxidation sites excluding steroid dienone is 2. The molecule has 0 saturated heterocycles. The maximum atomic E-state index is 11.4. The Morgan fingerprint density at radius 2 is 2.33 bits per heavy atom. The minimum Gasteiger partial charge on any atom is -0.330 e. The second-order valence-corrected chi connectivity index (χ2v) is 3.29. The van der Waals surface area contributed by atoms with Crippen LogP contribution in [0.4, 0.5) is 0 Å². The van der Waals surface area contributed by atoms with Crippen LogP contribution in [-0.4, -0.2) is 12.3 Å². The number of rotatable bonds is 4. The standard InChI is InChI=1S/C10H17NO/c11-8-4-7-10(12)9-5-2-1-3-6-9/h5H,1-4,6-8,11H2. The number of Topliss-reactive ketones (excluding diaryl/α,β-unsaturated/α-hetero) is 1. The summed E-state index contributed by atoms with van der Waals surface area (Å²) in [5.74, 6) is 0.320. The van der Waals surface area contributed by atoms with E-state index < -0.39 is 0 Å². The molecule has 1 rings (SSSR count). The highest BCUT2D eigenvalue weighted by Crippen LogP contribution is 2.19. The Hall–Kier alpha value is -0.630. The van der Waals surface area contributed by atoms with Crippen molar-refractivity contribution in [1.82, 2.24) is 0 Å². The van der Waals surface area contributed by atoms with Crippen LogP contribution >= 0.6 is 0 Å². The lowest BCUT2D eigenvalue weighted by Gasteiger charge is -2.10. The van der Waals surface area contributed by atoms with Crippen LogP contribution in [0, 0.1) is 0 Å². The lowest BCUT2D eigenvalue weighted by atomic mass is 9.94. The van der Waals surface area contributed by atoms with Gasteiger partial charge in [0.15, 0.2) is 5.78 Å². The van der Waals surface area contributed by atoms with E-state index in [1.54, 1.807) is 0 Å². The van der Waals surface area contributed by atoms with Crippen molar-refractivity contribution in [2.24, 2.45) is 5.73 Å². The van der Waals surface area contributed by atoms with E-state index in [-0.39, 0.29) is 0 Å². The lowest BCUT2D eigenvalue weighted by molar-refractivity contribution is -0.115. The first-order valence-electron chi connectivity index (χ1n) is 4.77. The molecule has 0 aliphatic heterocycles. The molecule has 0 aromatic rings. The average Bonchev–Trinajstić information content (AvgIpc) is 2.15. The van der Waals surface area contributed by atoms with Crippen molar-refractivity contribution in [3.8, 4) is 0 Å². The molecule has 68 valence electrons. The molecule has 0 amide bonds. The smallest absolute Gasteiger partial charge is 0.158 e. The largest absolute Gasteiger partial charge is 0.330 e. The minimum atomic E-state index is 0.320. The number of hydrogen-bond donors (Lipinski definition) is 1. The molecule has 0 bridgehead atoms. The summed E-state index contributed by atoms with van der Waals surface area (Å²) in [5.41, 5.74) is 6.39.